The van der Waals surface area contributed by atoms with Crippen LogP contribution in [0.3, 0.4) is 0 Å². The van der Waals surface area contributed by atoms with E-state index in [0.29, 0.717) is 32.0 Å². The number of ether oxygens (including phenoxy) is 1. The van der Waals surface area contributed by atoms with Crippen LogP contribution < -0.4 is 10.1 Å². The third kappa shape index (κ3) is 6.68. The highest BCUT2D eigenvalue weighted by Crippen LogP contribution is 2.18. The lowest BCUT2D eigenvalue weighted by Gasteiger charge is -2.32. The van der Waals surface area contributed by atoms with Gasteiger partial charge < -0.3 is 10.1 Å². The fraction of sp³-hybridized carbons (Fsp3) is 0.409. The number of hydrogen-bond donors (Lipinski definition) is 1. The summed E-state index contributed by atoms with van der Waals surface area (Å²) in [5.74, 6) is 1.15. The lowest BCUT2D eigenvalue weighted by Crippen LogP contribution is -2.44. The van der Waals surface area contributed by atoms with Crippen molar-refractivity contribution in [2.75, 3.05) is 32.8 Å². The van der Waals surface area contributed by atoms with Crippen LogP contribution in [0.25, 0.3) is 0 Å². The minimum absolute atomic E-state index is 0.0433. The summed E-state index contributed by atoms with van der Waals surface area (Å²) in [6, 6.07) is 16.3. The maximum atomic E-state index is 12.9. The fourth-order valence-corrected chi connectivity index (χ4v) is 3.42. The van der Waals surface area contributed by atoms with Gasteiger partial charge >= 0.3 is 0 Å². The first-order valence-electron chi connectivity index (χ1n) is 9.60. The smallest absolute Gasteiger partial charge is 0.234 e. The molecule has 1 fully saturated rings. The first-order chi connectivity index (χ1) is 13.2. The number of benzene rings is 2. The molecule has 1 atom stereocenters. The van der Waals surface area contributed by atoms with Crippen LogP contribution in [-0.2, 0) is 11.2 Å². The van der Waals surface area contributed by atoms with Crippen LogP contribution in [0.1, 0.15) is 18.4 Å². The molecule has 1 aliphatic rings. The third-order valence-corrected chi connectivity index (χ3v) is 4.85. The second-order valence-electron chi connectivity index (χ2n) is 7.09. The zero-order valence-electron chi connectivity index (χ0n) is 15.6. The highest BCUT2D eigenvalue weighted by atomic mass is 19.1. The topological polar surface area (TPSA) is 41.6 Å². The summed E-state index contributed by atoms with van der Waals surface area (Å²) >= 11 is 0. The number of nitrogens with one attached hydrogen (secondary N) is 1. The molecule has 2 aromatic rings. The molecule has 5 heteroatoms. The maximum absolute atomic E-state index is 12.9. The quantitative estimate of drug-likeness (QED) is 0.775. The number of nitrogens with zero attached hydrogens (tertiary/aromatic N) is 1. The molecule has 0 aromatic heterocycles. The summed E-state index contributed by atoms with van der Waals surface area (Å²) in [7, 11) is 0. The summed E-state index contributed by atoms with van der Waals surface area (Å²) in [6.45, 7) is 3.52. The molecule has 0 saturated carbocycles. The van der Waals surface area contributed by atoms with Gasteiger partial charge in [0.2, 0.25) is 5.91 Å². The van der Waals surface area contributed by atoms with Crippen molar-refractivity contribution in [1.29, 1.82) is 0 Å². The summed E-state index contributed by atoms with van der Waals surface area (Å²) in [5, 5.41) is 2.96. The Balaban J connectivity index is 1.35. The minimum Gasteiger partial charge on any atom is -0.493 e. The Morgan fingerprint density at radius 1 is 1.15 bits per heavy atom. The molecule has 1 aliphatic heterocycles. The molecule has 4 nitrogen and oxygen atoms in total. The van der Waals surface area contributed by atoms with Gasteiger partial charge in [-0.25, -0.2) is 4.39 Å². The second-order valence-corrected chi connectivity index (χ2v) is 7.09. The molecular formula is C22H27FN2O2. The van der Waals surface area contributed by atoms with Gasteiger partial charge in [0, 0.05) is 19.0 Å². The van der Waals surface area contributed by atoms with Gasteiger partial charge in [0.25, 0.3) is 0 Å². The zero-order chi connectivity index (χ0) is 18.9. The number of rotatable bonds is 8. The Kier molecular flexibility index (Phi) is 7.22. The van der Waals surface area contributed by atoms with E-state index in [4.69, 9.17) is 4.74 Å². The average molecular weight is 370 g/mol. The molecule has 1 heterocycles. The Morgan fingerprint density at radius 3 is 2.70 bits per heavy atom. The molecule has 1 saturated heterocycles. The second kappa shape index (κ2) is 10.1. The van der Waals surface area contributed by atoms with E-state index in [9.17, 15) is 9.18 Å². The lowest BCUT2D eigenvalue weighted by molar-refractivity contribution is -0.122. The van der Waals surface area contributed by atoms with Gasteiger partial charge in [0.15, 0.2) is 0 Å². The molecule has 0 spiro atoms. The lowest BCUT2D eigenvalue weighted by atomic mass is 9.99. The van der Waals surface area contributed by atoms with Gasteiger partial charge in [0.1, 0.15) is 11.6 Å². The fourth-order valence-electron chi connectivity index (χ4n) is 3.42. The van der Waals surface area contributed by atoms with E-state index < -0.39 is 0 Å². The van der Waals surface area contributed by atoms with Gasteiger partial charge in [-0.05, 0) is 55.6 Å². The van der Waals surface area contributed by atoms with Crippen molar-refractivity contribution in [3.8, 4) is 5.75 Å². The number of halogens is 1. The van der Waals surface area contributed by atoms with E-state index in [1.54, 1.807) is 12.1 Å². The van der Waals surface area contributed by atoms with Crippen LogP contribution in [0.4, 0.5) is 4.39 Å². The van der Waals surface area contributed by atoms with E-state index in [-0.39, 0.29) is 11.7 Å². The predicted molar refractivity (Wildman–Crippen MR) is 104 cm³/mol. The van der Waals surface area contributed by atoms with Crippen molar-refractivity contribution >= 4 is 5.91 Å². The van der Waals surface area contributed by atoms with Gasteiger partial charge in [-0.1, -0.05) is 30.3 Å². The first-order valence-corrected chi connectivity index (χ1v) is 9.60. The number of para-hydroxylation sites is 1. The molecule has 1 amide bonds. The number of carbonyl (C=O) groups is 1. The molecule has 2 aromatic carbocycles. The summed E-state index contributed by atoms with van der Waals surface area (Å²) in [4.78, 5) is 14.4. The molecule has 1 N–H and O–H groups in total. The van der Waals surface area contributed by atoms with E-state index >= 15 is 0 Å². The average Bonchev–Trinajstić information content (AvgIpc) is 2.69. The SMILES string of the molecule is O=C(CN1CCCC(COc2ccccc2)C1)NCCc1ccc(F)cc1. The summed E-state index contributed by atoms with van der Waals surface area (Å²) < 4.78 is 18.8. The standard InChI is InChI=1S/C22H27FN2O2/c23-20-10-8-18(9-11-20)12-13-24-22(26)16-25-14-4-5-19(15-25)17-27-21-6-2-1-3-7-21/h1-3,6-11,19H,4-5,12-17H2,(H,24,26). The number of piperidine rings is 1. The summed E-state index contributed by atoms with van der Waals surface area (Å²) in [5.41, 5.74) is 1.02. The molecule has 1 unspecified atom stereocenters. The molecule has 3 rings (SSSR count). The van der Waals surface area contributed by atoms with Crippen molar-refractivity contribution in [1.82, 2.24) is 10.2 Å². The van der Waals surface area contributed by atoms with Gasteiger partial charge in [-0.15, -0.1) is 0 Å². The van der Waals surface area contributed by atoms with Crippen LogP contribution in [-0.4, -0.2) is 43.6 Å². The molecule has 27 heavy (non-hydrogen) atoms. The Hall–Kier alpha value is -2.40. The highest BCUT2D eigenvalue weighted by Gasteiger charge is 2.22. The Bertz CT molecular complexity index is 706. The van der Waals surface area contributed by atoms with E-state index in [1.165, 1.54) is 12.1 Å². The summed E-state index contributed by atoms with van der Waals surface area (Å²) in [6.07, 6.45) is 2.93. The predicted octanol–water partition coefficient (Wildman–Crippen LogP) is 3.28. The van der Waals surface area contributed by atoms with Crippen LogP contribution in [0, 0.1) is 11.7 Å². The third-order valence-electron chi connectivity index (χ3n) is 4.85. The largest absolute Gasteiger partial charge is 0.493 e. The van der Waals surface area contributed by atoms with Gasteiger partial charge in [-0.2, -0.15) is 0 Å². The molecule has 144 valence electrons. The van der Waals surface area contributed by atoms with Crippen molar-refractivity contribution in [3.05, 3.63) is 66.0 Å². The highest BCUT2D eigenvalue weighted by molar-refractivity contribution is 5.78. The van der Waals surface area contributed by atoms with Crippen LogP contribution in [0.15, 0.2) is 54.6 Å². The van der Waals surface area contributed by atoms with Crippen LogP contribution >= 0.6 is 0 Å². The van der Waals surface area contributed by atoms with Crippen LogP contribution in [0.5, 0.6) is 5.75 Å². The normalized spacial score (nSPS) is 17.4. The number of likely N-dealkylation sites (tertiary alicyclic amines) is 1. The first kappa shape index (κ1) is 19.4. The van der Waals surface area contributed by atoms with E-state index in [0.717, 1.165) is 37.2 Å². The van der Waals surface area contributed by atoms with Gasteiger partial charge in [-0.3, -0.25) is 9.69 Å². The van der Waals surface area contributed by atoms with Crippen molar-refractivity contribution < 1.29 is 13.9 Å². The van der Waals surface area contributed by atoms with Crippen LogP contribution in [0.2, 0.25) is 0 Å². The minimum atomic E-state index is -0.237. The maximum Gasteiger partial charge on any atom is 0.234 e. The zero-order valence-corrected chi connectivity index (χ0v) is 15.6. The van der Waals surface area contributed by atoms with Crippen molar-refractivity contribution in [2.24, 2.45) is 5.92 Å². The van der Waals surface area contributed by atoms with E-state index in [1.807, 2.05) is 30.3 Å². The number of amides is 1. The Labute approximate surface area is 160 Å². The van der Waals surface area contributed by atoms with Crippen molar-refractivity contribution in [2.45, 2.75) is 19.3 Å². The molecule has 0 radical (unpaired) electrons. The van der Waals surface area contributed by atoms with E-state index in [2.05, 4.69) is 10.2 Å². The number of hydrogen-bond acceptors (Lipinski definition) is 3. The molecular weight excluding hydrogens is 343 g/mol. The molecule has 0 bridgehead atoms. The Morgan fingerprint density at radius 2 is 1.93 bits per heavy atom. The van der Waals surface area contributed by atoms with Crippen molar-refractivity contribution in [3.63, 3.8) is 0 Å². The monoisotopic (exact) mass is 370 g/mol. The van der Waals surface area contributed by atoms with Gasteiger partial charge in [0.05, 0.1) is 13.2 Å². The molecule has 0 aliphatic carbocycles. The number of carbonyl (C=O) groups excluding carboxylic acids is 1.